The molecule has 2 aliphatic heterocycles. The molecule has 0 saturated carbocycles. The molecule has 0 atom stereocenters. The molecule has 3 heterocycles. The van der Waals surface area contributed by atoms with Gasteiger partial charge in [0.2, 0.25) is 0 Å². The number of ether oxygens (including phenoxy) is 2. The number of aromatic nitrogens is 2. The molecule has 0 spiro atoms. The maximum absolute atomic E-state index is 13.6. The van der Waals surface area contributed by atoms with E-state index >= 15 is 0 Å². The average molecular weight is 360 g/mol. The van der Waals surface area contributed by atoms with Crippen LogP contribution in [0.2, 0.25) is 0 Å². The van der Waals surface area contributed by atoms with Crippen LogP contribution in [0.3, 0.4) is 0 Å². The number of nitrogens with one attached hydrogen (secondary N) is 1. The zero-order valence-corrected chi connectivity index (χ0v) is 14.4. The Hall–Kier alpha value is -2.45. The molecular formula is C18H21FN4O3. The van der Waals surface area contributed by atoms with E-state index in [4.69, 9.17) is 9.47 Å². The molecule has 0 unspecified atom stereocenters. The number of likely N-dealkylation sites (tertiary alicyclic amines) is 1. The van der Waals surface area contributed by atoms with Gasteiger partial charge in [0, 0.05) is 32.2 Å². The fraction of sp³-hybridized carbons (Fsp3) is 0.444. The number of nitrogens with zero attached hydrogens (tertiary/aromatic N) is 3. The first-order valence-electron chi connectivity index (χ1n) is 8.73. The highest BCUT2D eigenvalue weighted by molar-refractivity contribution is 5.93. The second-order valence-electron chi connectivity index (χ2n) is 6.51. The number of carbonyl (C=O) groups excluding carboxylic acids is 1. The zero-order chi connectivity index (χ0) is 17.9. The minimum atomic E-state index is -0.418. The Morgan fingerprint density at radius 2 is 2.08 bits per heavy atom. The number of hydrogen-bond donors (Lipinski definition) is 1. The van der Waals surface area contributed by atoms with Crippen LogP contribution >= 0.6 is 0 Å². The first kappa shape index (κ1) is 17.0. The van der Waals surface area contributed by atoms with Crippen LogP contribution in [0, 0.1) is 5.82 Å². The maximum Gasteiger partial charge on any atom is 0.274 e. The lowest BCUT2D eigenvalue weighted by molar-refractivity contribution is -0.0257. The Balaban J connectivity index is 1.29. The number of rotatable bonds is 5. The van der Waals surface area contributed by atoms with Crippen LogP contribution in [-0.2, 0) is 11.3 Å². The van der Waals surface area contributed by atoms with Crippen LogP contribution in [0.4, 0.5) is 4.39 Å². The summed E-state index contributed by atoms with van der Waals surface area (Å²) in [4.78, 5) is 16.7. The van der Waals surface area contributed by atoms with Gasteiger partial charge in [-0.15, -0.1) is 0 Å². The number of H-pyrrole nitrogens is 1. The average Bonchev–Trinajstić information content (AvgIpc) is 3.10. The van der Waals surface area contributed by atoms with Crippen LogP contribution in [0.25, 0.3) is 0 Å². The zero-order valence-electron chi connectivity index (χ0n) is 14.4. The van der Waals surface area contributed by atoms with Crippen molar-refractivity contribution in [3.05, 3.63) is 47.5 Å². The molecule has 2 aliphatic rings. The van der Waals surface area contributed by atoms with Gasteiger partial charge >= 0.3 is 0 Å². The Labute approximate surface area is 150 Å². The van der Waals surface area contributed by atoms with Crippen molar-refractivity contribution in [3.8, 4) is 5.75 Å². The van der Waals surface area contributed by atoms with E-state index < -0.39 is 5.82 Å². The van der Waals surface area contributed by atoms with Gasteiger partial charge in [0.05, 0.1) is 18.9 Å². The smallest absolute Gasteiger partial charge is 0.274 e. The predicted molar refractivity (Wildman–Crippen MR) is 91.4 cm³/mol. The molecule has 26 heavy (non-hydrogen) atoms. The van der Waals surface area contributed by atoms with E-state index in [0.717, 1.165) is 26.3 Å². The number of aromatic amines is 1. The molecule has 0 radical (unpaired) electrons. The Kier molecular flexibility index (Phi) is 4.85. The highest BCUT2D eigenvalue weighted by Crippen LogP contribution is 2.20. The van der Waals surface area contributed by atoms with E-state index in [-0.39, 0.29) is 18.3 Å². The predicted octanol–water partition coefficient (Wildman–Crippen LogP) is 1.28. The molecule has 8 heteroatoms. The third-order valence-electron chi connectivity index (χ3n) is 4.78. The van der Waals surface area contributed by atoms with Crippen molar-refractivity contribution in [3.63, 3.8) is 0 Å². The number of carbonyl (C=O) groups is 1. The van der Waals surface area contributed by atoms with Gasteiger partial charge in [-0.2, -0.15) is 5.10 Å². The quantitative estimate of drug-likeness (QED) is 0.870. The molecule has 1 aromatic carbocycles. The van der Waals surface area contributed by atoms with Crippen LogP contribution < -0.4 is 4.74 Å². The first-order valence-corrected chi connectivity index (χ1v) is 8.73. The largest absolute Gasteiger partial charge is 0.484 e. The molecule has 2 saturated heterocycles. The lowest BCUT2D eigenvalue weighted by Gasteiger charge is -2.46. The second kappa shape index (κ2) is 7.43. The van der Waals surface area contributed by atoms with Gasteiger partial charge in [-0.05, 0) is 18.2 Å². The van der Waals surface area contributed by atoms with E-state index in [9.17, 15) is 9.18 Å². The molecule has 138 valence electrons. The van der Waals surface area contributed by atoms with Crippen LogP contribution in [-0.4, -0.2) is 71.3 Å². The van der Waals surface area contributed by atoms with Gasteiger partial charge in [0.1, 0.15) is 6.61 Å². The van der Waals surface area contributed by atoms with Crippen molar-refractivity contribution < 1.29 is 18.7 Å². The standard InChI is InChI=1S/C18H21FN4O3/c19-15-3-1-2-4-17(15)26-12-13-9-16(21-20-13)18(24)23-10-14(11-23)22-5-7-25-8-6-22/h1-4,9,14H,5-8,10-12H2,(H,20,21). The van der Waals surface area contributed by atoms with Crippen molar-refractivity contribution in [1.29, 1.82) is 0 Å². The Bertz CT molecular complexity index is 769. The first-order chi connectivity index (χ1) is 12.7. The number of halogens is 1. The topological polar surface area (TPSA) is 70.7 Å². The van der Waals surface area contributed by atoms with Crippen LogP contribution in [0.5, 0.6) is 5.75 Å². The lowest BCUT2D eigenvalue weighted by atomic mass is 10.1. The van der Waals surface area contributed by atoms with Gasteiger partial charge in [0.25, 0.3) is 5.91 Å². The molecule has 0 bridgehead atoms. The van der Waals surface area contributed by atoms with E-state index in [1.807, 2.05) is 0 Å². The fourth-order valence-corrected chi connectivity index (χ4v) is 3.22. The molecule has 2 aromatic rings. The van der Waals surface area contributed by atoms with Crippen LogP contribution in [0.1, 0.15) is 16.2 Å². The molecule has 0 aliphatic carbocycles. The number of benzene rings is 1. The molecule has 1 aromatic heterocycles. The summed E-state index contributed by atoms with van der Waals surface area (Å²) in [6, 6.07) is 8.27. The number of hydrogen-bond acceptors (Lipinski definition) is 5. The van der Waals surface area contributed by atoms with E-state index in [2.05, 4.69) is 15.1 Å². The Morgan fingerprint density at radius 1 is 1.31 bits per heavy atom. The third-order valence-corrected chi connectivity index (χ3v) is 4.78. The highest BCUT2D eigenvalue weighted by Gasteiger charge is 2.36. The monoisotopic (exact) mass is 360 g/mol. The Morgan fingerprint density at radius 3 is 2.85 bits per heavy atom. The van der Waals surface area contributed by atoms with Crippen molar-refractivity contribution >= 4 is 5.91 Å². The highest BCUT2D eigenvalue weighted by atomic mass is 19.1. The maximum atomic E-state index is 13.6. The van der Waals surface area contributed by atoms with E-state index in [0.29, 0.717) is 30.5 Å². The summed E-state index contributed by atoms with van der Waals surface area (Å²) in [6.07, 6.45) is 0. The molecule has 1 amide bonds. The third kappa shape index (κ3) is 3.56. The SMILES string of the molecule is O=C(c1cc(COc2ccccc2F)[nH]n1)N1CC(N2CCOCC2)C1. The molecule has 2 fully saturated rings. The minimum Gasteiger partial charge on any atom is -0.484 e. The summed E-state index contributed by atoms with van der Waals surface area (Å²) in [7, 11) is 0. The number of morpholine rings is 1. The summed E-state index contributed by atoms with van der Waals surface area (Å²) >= 11 is 0. The lowest BCUT2D eigenvalue weighted by Crippen LogP contribution is -2.62. The van der Waals surface area contributed by atoms with Crippen molar-refractivity contribution in [2.75, 3.05) is 39.4 Å². The number of amides is 1. The van der Waals surface area contributed by atoms with Crippen LogP contribution in [0.15, 0.2) is 30.3 Å². The molecule has 4 rings (SSSR count). The van der Waals surface area contributed by atoms with Gasteiger partial charge in [-0.3, -0.25) is 14.8 Å². The summed E-state index contributed by atoms with van der Waals surface area (Å²) in [5.74, 6) is -0.341. The number of para-hydroxylation sites is 1. The minimum absolute atomic E-state index is 0.0945. The molecule has 1 N–H and O–H groups in total. The summed E-state index contributed by atoms with van der Waals surface area (Å²) in [5.41, 5.74) is 0.986. The summed E-state index contributed by atoms with van der Waals surface area (Å²) < 4.78 is 24.3. The van der Waals surface area contributed by atoms with Crippen molar-refractivity contribution in [2.24, 2.45) is 0 Å². The van der Waals surface area contributed by atoms with Gasteiger partial charge < -0.3 is 14.4 Å². The van der Waals surface area contributed by atoms with Gasteiger partial charge in [-0.25, -0.2) is 4.39 Å². The molecular weight excluding hydrogens is 339 g/mol. The van der Waals surface area contributed by atoms with Crippen molar-refractivity contribution in [1.82, 2.24) is 20.0 Å². The summed E-state index contributed by atoms with van der Waals surface area (Å²) in [5, 5.41) is 6.85. The second-order valence-corrected chi connectivity index (χ2v) is 6.51. The van der Waals surface area contributed by atoms with Crippen molar-refractivity contribution in [2.45, 2.75) is 12.6 Å². The van der Waals surface area contributed by atoms with E-state index in [1.165, 1.54) is 6.07 Å². The molecule has 7 nitrogen and oxygen atoms in total. The normalized spacial score (nSPS) is 18.6. The van der Waals surface area contributed by atoms with E-state index in [1.54, 1.807) is 29.2 Å². The summed E-state index contributed by atoms with van der Waals surface area (Å²) in [6.45, 7) is 4.92. The fourth-order valence-electron chi connectivity index (χ4n) is 3.22. The van der Waals surface area contributed by atoms with Gasteiger partial charge in [-0.1, -0.05) is 12.1 Å². The van der Waals surface area contributed by atoms with Gasteiger partial charge in [0.15, 0.2) is 17.3 Å².